The molecule has 0 fully saturated rings. The van der Waals surface area contributed by atoms with Crippen LogP contribution in [0.25, 0.3) is 0 Å². The van der Waals surface area contributed by atoms with Crippen LogP contribution in [0.2, 0.25) is 5.02 Å². The van der Waals surface area contributed by atoms with Gasteiger partial charge in [0.25, 0.3) is 0 Å². The number of hydrogen-bond acceptors (Lipinski definition) is 2. The zero-order chi connectivity index (χ0) is 14.7. The Bertz CT molecular complexity index is 588. The number of benzene rings is 2. The van der Waals surface area contributed by atoms with Gasteiger partial charge >= 0.3 is 0 Å². The standard InChI is InChI=1S/C17H19ClO2/c1-11-7-12(2)9-13(8-11)10-15(19)17-14(18)5-4-6-16(17)20-3/h4-9,15,19H,10H2,1-3H3. The summed E-state index contributed by atoms with van der Waals surface area (Å²) in [6, 6.07) is 11.7. The second-order valence-electron chi connectivity index (χ2n) is 5.07. The predicted molar refractivity (Wildman–Crippen MR) is 82.6 cm³/mol. The highest BCUT2D eigenvalue weighted by Gasteiger charge is 2.17. The Morgan fingerprint density at radius 2 is 1.80 bits per heavy atom. The molecule has 0 saturated heterocycles. The Morgan fingerprint density at radius 1 is 1.15 bits per heavy atom. The molecule has 2 rings (SSSR count). The monoisotopic (exact) mass is 290 g/mol. The van der Waals surface area contributed by atoms with Gasteiger partial charge in [0, 0.05) is 12.0 Å². The molecule has 0 aliphatic heterocycles. The normalized spacial score (nSPS) is 12.2. The summed E-state index contributed by atoms with van der Waals surface area (Å²) < 4.78 is 5.29. The van der Waals surface area contributed by atoms with Crippen molar-refractivity contribution < 1.29 is 9.84 Å². The fourth-order valence-corrected chi connectivity index (χ4v) is 2.82. The molecule has 0 heterocycles. The topological polar surface area (TPSA) is 29.5 Å². The third-order valence-corrected chi connectivity index (χ3v) is 3.61. The van der Waals surface area contributed by atoms with Crippen molar-refractivity contribution in [2.75, 3.05) is 7.11 Å². The van der Waals surface area contributed by atoms with Crippen molar-refractivity contribution in [3.63, 3.8) is 0 Å². The predicted octanol–water partition coefficient (Wildman–Crippen LogP) is 4.24. The van der Waals surface area contributed by atoms with E-state index in [-0.39, 0.29) is 0 Å². The van der Waals surface area contributed by atoms with Crippen molar-refractivity contribution in [1.82, 2.24) is 0 Å². The van der Waals surface area contributed by atoms with E-state index in [1.807, 2.05) is 12.1 Å². The van der Waals surface area contributed by atoms with E-state index in [9.17, 15) is 5.11 Å². The number of aliphatic hydroxyl groups excluding tert-OH is 1. The second-order valence-corrected chi connectivity index (χ2v) is 5.48. The van der Waals surface area contributed by atoms with Gasteiger partial charge in [0.2, 0.25) is 0 Å². The lowest BCUT2D eigenvalue weighted by Crippen LogP contribution is -2.05. The summed E-state index contributed by atoms with van der Waals surface area (Å²) in [6.45, 7) is 4.11. The zero-order valence-electron chi connectivity index (χ0n) is 12.0. The Labute approximate surface area is 125 Å². The van der Waals surface area contributed by atoms with Gasteiger partial charge in [0.15, 0.2) is 0 Å². The molecule has 0 saturated carbocycles. The molecular weight excluding hydrogens is 272 g/mol. The maximum absolute atomic E-state index is 10.5. The van der Waals surface area contributed by atoms with Crippen LogP contribution in [0.1, 0.15) is 28.4 Å². The number of methoxy groups -OCH3 is 1. The van der Waals surface area contributed by atoms with Crippen LogP contribution in [0.15, 0.2) is 36.4 Å². The maximum atomic E-state index is 10.5. The zero-order valence-corrected chi connectivity index (χ0v) is 12.7. The smallest absolute Gasteiger partial charge is 0.126 e. The Hall–Kier alpha value is -1.51. The number of rotatable bonds is 4. The van der Waals surface area contributed by atoms with E-state index in [1.165, 1.54) is 11.1 Å². The molecule has 2 aromatic carbocycles. The Balaban J connectivity index is 2.30. The summed E-state index contributed by atoms with van der Waals surface area (Å²) in [5.74, 6) is 0.620. The number of halogens is 1. The molecule has 0 aromatic heterocycles. The summed E-state index contributed by atoms with van der Waals surface area (Å²) in [5.41, 5.74) is 4.13. The van der Waals surface area contributed by atoms with E-state index in [4.69, 9.17) is 16.3 Å². The molecular formula is C17H19ClO2. The van der Waals surface area contributed by atoms with Gasteiger partial charge in [-0.3, -0.25) is 0 Å². The highest BCUT2D eigenvalue weighted by molar-refractivity contribution is 6.31. The minimum Gasteiger partial charge on any atom is -0.496 e. The molecule has 1 atom stereocenters. The summed E-state index contributed by atoms with van der Waals surface area (Å²) in [5, 5.41) is 11.0. The Morgan fingerprint density at radius 3 is 2.40 bits per heavy atom. The molecule has 0 amide bonds. The summed E-state index contributed by atoms with van der Waals surface area (Å²) >= 11 is 6.19. The molecule has 0 spiro atoms. The van der Waals surface area contributed by atoms with E-state index in [1.54, 1.807) is 13.2 Å². The summed E-state index contributed by atoms with van der Waals surface area (Å²) in [7, 11) is 1.58. The van der Waals surface area contributed by atoms with E-state index < -0.39 is 6.10 Å². The first kappa shape index (κ1) is 14.9. The van der Waals surface area contributed by atoms with Crippen LogP contribution >= 0.6 is 11.6 Å². The van der Waals surface area contributed by atoms with Gasteiger partial charge in [0.1, 0.15) is 5.75 Å². The molecule has 106 valence electrons. The lowest BCUT2D eigenvalue weighted by atomic mass is 9.98. The molecule has 0 radical (unpaired) electrons. The molecule has 0 bridgehead atoms. The third-order valence-electron chi connectivity index (χ3n) is 3.28. The molecule has 3 heteroatoms. The van der Waals surface area contributed by atoms with Crippen LogP contribution in [0.3, 0.4) is 0 Å². The average molecular weight is 291 g/mol. The van der Waals surface area contributed by atoms with Gasteiger partial charge in [0.05, 0.1) is 18.2 Å². The minimum absolute atomic E-state index is 0.516. The lowest BCUT2D eigenvalue weighted by Gasteiger charge is -2.17. The fourth-order valence-electron chi connectivity index (χ4n) is 2.53. The van der Waals surface area contributed by atoms with Gasteiger partial charge in [-0.15, -0.1) is 0 Å². The molecule has 0 aliphatic rings. The van der Waals surface area contributed by atoms with Crippen molar-refractivity contribution in [2.45, 2.75) is 26.4 Å². The van der Waals surface area contributed by atoms with Crippen LogP contribution in [0, 0.1) is 13.8 Å². The largest absolute Gasteiger partial charge is 0.496 e. The highest BCUT2D eigenvalue weighted by Crippen LogP contribution is 2.33. The van der Waals surface area contributed by atoms with Crippen LogP contribution in [0.4, 0.5) is 0 Å². The molecule has 1 N–H and O–H groups in total. The van der Waals surface area contributed by atoms with Gasteiger partial charge in [-0.05, 0) is 31.5 Å². The first-order chi connectivity index (χ1) is 9.51. The number of aryl methyl sites for hydroxylation is 2. The summed E-state index contributed by atoms with van der Waals surface area (Å²) in [6.07, 6.45) is -0.164. The molecule has 2 nitrogen and oxygen atoms in total. The maximum Gasteiger partial charge on any atom is 0.126 e. The average Bonchev–Trinajstić information content (AvgIpc) is 2.36. The summed E-state index contributed by atoms with van der Waals surface area (Å²) in [4.78, 5) is 0. The van der Waals surface area contributed by atoms with Gasteiger partial charge in [-0.25, -0.2) is 0 Å². The lowest BCUT2D eigenvalue weighted by molar-refractivity contribution is 0.174. The van der Waals surface area contributed by atoms with E-state index in [2.05, 4.69) is 32.0 Å². The number of aliphatic hydroxyl groups is 1. The van der Waals surface area contributed by atoms with Crippen molar-refractivity contribution in [1.29, 1.82) is 0 Å². The van der Waals surface area contributed by atoms with Crippen LogP contribution in [-0.4, -0.2) is 12.2 Å². The second kappa shape index (κ2) is 6.29. The van der Waals surface area contributed by atoms with Gasteiger partial charge in [-0.2, -0.15) is 0 Å². The molecule has 1 unspecified atom stereocenters. The first-order valence-corrected chi connectivity index (χ1v) is 6.96. The van der Waals surface area contributed by atoms with Gasteiger partial charge < -0.3 is 9.84 Å². The number of hydrogen-bond donors (Lipinski definition) is 1. The molecule has 2 aromatic rings. The fraction of sp³-hybridized carbons (Fsp3) is 0.294. The van der Waals surface area contributed by atoms with Crippen molar-refractivity contribution >= 4 is 11.6 Å². The van der Waals surface area contributed by atoms with Crippen molar-refractivity contribution in [3.8, 4) is 5.75 Å². The Kier molecular flexibility index (Phi) is 4.69. The van der Waals surface area contributed by atoms with Crippen LogP contribution in [0.5, 0.6) is 5.75 Å². The van der Waals surface area contributed by atoms with Gasteiger partial charge in [-0.1, -0.05) is 47.0 Å². The van der Waals surface area contributed by atoms with E-state index >= 15 is 0 Å². The van der Waals surface area contributed by atoms with E-state index in [0.717, 1.165) is 5.56 Å². The third kappa shape index (κ3) is 3.33. The SMILES string of the molecule is COc1cccc(Cl)c1C(O)Cc1cc(C)cc(C)c1. The minimum atomic E-state index is -0.681. The molecule has 0 aliphatic carbocycles. The van der Waals surface area contributed by atoms with Crippen molar-refractivity contribution in [2.24, 2.45) is 0 Å². The van der Waals surface area contributed by atoms with Crippen LogP contribution < -0.4 is 4.74 Å². The first-order valence-electron chi connectivity index (χ1n) is 6.59. The van der Waals surface area contributed by atoms with E-state index in [0.29, 0.717) is 22.8 Å². The molecule has 20 heavy (non-hydrogen) atoms. The number of ether oxygens (including phenoxy) is 1. The highest BCUT2D eigenvalue weighted by atomic mass is 35.5. The quantitative estimate of drug-likeness (QED) is 0.912. The van der Waals surface area contributed by atoms with Crippen molar-refractivity contribution in [3.05, 3.63) is 63.7 Å². The van der Waals surface area contributed by atoms with Crippen LogP contribution in [-0.2, 0) is 6.42 Å².